The minimum atomic E-state index is 0.00134. The van der Waals surface area contributed by atoms with Gasteiger partial charge in [-0.1, -0.05) is 20.8 Å². The lowest BCUT2D eigenvalue weighted by atomic mass is 9.92. The summed E-state index contributed by atoms with van der Waals surface area (Å²) in [5.41, 5.74) is 2.11. The fourth-order valence-corrected chi connectivity index (χ4v) is 3.26. The van der Waals surface area contributed by atoms with E-state index in [0.29, 0.717) is 18.4 Å². The van der Waals surface area contributed by atoms with Crippen molar-refractivity contribution in [2.24, 2.45) is 13.0 Å². The van der Waals surface area contributed by atoms with Crippen molar-refractivity contribution in [2.45, 2.75) is 45.6 Å². The quantitative estimate of drug-likeness (QED) is 0.810. The van der Waals surface area contributed by atoms with E-state index in [-0.39, 0.29) is 11.0 Å². The van der Waals surface area contributed by atoms with Crippen LogP contribution in [-0.4, -0.2) is 39.4 Å². The number of nitrogens with zero attached hydrogens (tertiary/aromatic N) is 4. The van der Waals surface area contributed by atoms with E-state index in [0.717, 1.165) is 43.7 Å². The second kappa shape index (κ2) is 8.21. The summed E-state index contributed by atoms with van der Waals surface area (Å²) in [5.74, 6) is 1.14. The number of hydrogen-bond donors (Lipinski definition) is 0. The lowest BCUT2D eigenvalue weighted by Gasteiger charge is -2.31. The van der Waals surface area contributed by atoms with E-state index in [1.807, 2.05) is 24.4 Å². The van der Waals surface area contributed by atoms with Gasteiger partial charge in [-0.2, -0.15) is 5.10 Å². The minimum absolute atomic E-state index is 0.00134. The van der Waals surface area contributed by atoms with Gasteiger partial charge in [-0.3, -0.25) is 9.69 Å². The highest BCUT2D eigenvalue weighted by Crippen LogP contribution is 2.22. The highest BCUT2D eigenvalue weighted by molar-refractivity contribution is 5.17. The molecule has 146 valence electrons. The number of rotatable bonds is 5. The van der Waals surface area contributed by atoms with Crippen molar-refractivity contribution in [3.63, 3.8) is 0 Å². The summed E-state index contributed by atoms with van der Waals surface area (Å²) in [6.07, 6.45) is 4.03. The fourth-order valence-electron chi connectivity index (χ4n) is 3.26. The van der Waals surface area contributed by atoms with Crippen LogP contribution in [0.25, 0.3) is 0 Å². The van der Waals surface area contributed by atoms with E-state index >= 15 is 0 Å². The van der Waals surface area contributed by atoms with Crippen LogP contribution in [0.3, 0.4) is 0 Å². The topological polar surface area (TPSA) is 60.2 Å². The van der Waals surface area contributed by atoms with Crippen molar-refractivity contribution in [2.75, 3.05) is 19.7 Å². The van der Waals surface area contributed by atoms with Gasteiger partial charge >= 0.3 is 0 Å². The van der Waals surface area contributed by atoms with Crippen molar-refractivity contribution >= 4 is 0 Å². The van der Waals surface area contributed by atoms with E-state index in [2.05, 4.69) is 35.9 Å². The summed E-state index contributed by atoms with van der Waals surface area (Å²) in [4.78, 5) is 14.2. The van der Waals surface area contributed by atoms with Gasteiger partial charge < -0.3 is 9.30 Å². The van der Waals surface area contributed by atoms with Gasteiger partial charge in [-0.05, 0) is 49.5 Å². The molecular weight excluding hydrogens is 340 g/mol. The van der Waals surface area contributed by atoms with Crippen LogP contribution in [0.1, 0.15) is 44.9 Å². The molecule has 0 bridgehead atoms. The highest BCUT2D eigenvalue weighted by atomic mass is 16.5. The Balaban J connectivity index is 1.44. The summed E-state index contributed by atoms with van der Waals surface area (Å²) in [6, 6.07) is 7.67. The first kappa shape index (κ1) is 19.5. The number of aromatic nitrogens is 3. The normalized spacial score (nSPS) is 16.4. The number of likely N-dealkylation sites (tertiary alicyclic amines) is 1. The molecule has 0 N–H and O–H groups in total. The number of pyridine rings is 1. The first-order chi connectivity index (χ1) is 12.8. The average molecular weight is 370 g/mol. The molecule has 0 unspecified atom stereocenters. The van der Waals surface area contributed by atoms with Crippen LogP contribution >= 0.6 is 0 Å². The maximum Gasteiger partial charge on any atom is 0.250 e. The molecule has 0 radical (unpaired) electrons. The highest BCUT2D eigenvalue weighted by Gasteiger charge is 2.21. The van der Waals surface area contributed by atoms with Gasteiger partial charge in [0.2, 0.25) is 5.88 Å². The molecular formula is C21H30N4O2. The minimum Gasteiger partial charge on any atom is -0.476 e. The SMILES string of the molecule is Cn1ccc(CN2CCC(COc3ccc(C(C)(C)C)nn3)CC2)cc1=O. The molecule has 0 atom stereocenters. The molecule has 2 aromatic rings. The number of piperidine rings is 1. The summed E-state index contributed by atoms with van der Waals surface area (Å²) in [7, 11) is 1.78. The van der Waals surface area contributed by atoms with Crippen molar-refractivity contribution in [3.05, 3.63) is 52.1 Å². The summed E-state index contributed by atoms with van der Waals surface area (Å²) in [6.45, 7) is 9.94. The maximum atomic E-state index is 11.7. The Morgan fingerprint density at radius 1 is 1.15 bits per heavy atom. The molecule has 6 heteroatoms. The first-order valence-corrected chi connectivity index (χ1v) is 9.66. The van der Waals surface area contributed by atoms with Gasteiger partial charge in [0.05, 0.1) is 12.3 Å². The Bertz CT molecular complexity index is 800. The second-order valence-electron chi connectivity index (χ2n) is 8.52. The predicted octanol–water partition coefficient (Wildman–Crippen LogP) is 2.76. The van der Waals surface area contributed by atoms with E-state index in [1.54, 1.807) is 17.7 Å². The summed E-state index contributed by atoms with van der Waals surface area (Å²) >= 11 is 0. The fraction of sp³-hybridized carbons (Fsp3) is 0.571. The Hall–Kier alpha value is -2.21. The lowest BCUT2D eigenvalue weighted by Crippen LogP contribution is -2.35. The zero-order chi connectivity index (χ0) is 19.4. The Morgan fingerprint density at radius 3 is 2.48 bits per heavy atom. The molecule has 1 saturated heterocycles. The summed E-state index contributed by atoms with van der Waals surface area (Å²) in [5, 5.41) is 8.48. The summed E-state index contributed by atoms with van der Waals surface area (Å²) < 4.78 is 7.46. The van der Waals surface area contributed by atoms with Crippen LogP contribution in [0.15, 0.2) is 35.3 Å². The number of aryl methyl sites for hydroxylation is 1. The molecule has 6 nitrogen and oxygen atoms in total. The van der Waals surface area contributed by atoms with Crippen molar-refractivity contribution in [3.8, 4) is 5.88 Å². The molecule has 1 aliphatic rings. The van der Waals surface area contributed by atoms with Crippen LogP contribution in [-0.2, 0) is 19.0 Å². The smallest absolute Gasteiger partial charge is 0.250 e. The Kier molecular flexibility index (Phi) is 5.95. The standard InChI is InChI=1S/C21H30N4O2/c1-21(2,3)18-5-6-19(23-22-18)27-15-16-8-11-25(12-9-16)14-17-7-10-24(4)20(26)13-17/h5-7,10,13,16H,8-9,11-12,14-15H2,1-4H3. The van der Waals surface area contributed by atoms with Crippen molar-refractivity contribution in [1.29, 1.82) is 0 Å². The molecule has 3 rings (SSSR count). The van der Waals surface area contributed by atoms with Crippen molar-refractivity contribution in [1.82, 2.24) is 19.7 Å². The van der Waals surface area contributed by atoms with Gasteiger partial charge in [0.15, 0.2) is 0 Å². The van der Waals surface area contributed by atoms with Crippen LogP contribution < -0.4 is 10.3 Å². The van der Waals surface area contributed by atoms with Gasteiger partial charge in [0.1, 0.15) is 0 Å². The zero-order valence-corrected chi connectivity index (χ0v) is 16.8. The van der Waals surface area contributed by atoms with Crippen LogP contribution in [0.2, 0.25) is 0 Å². The Morgan fingerprint density at radius 2 is 1.89 bits per heavy atom. The van der Waals surface area contributed by atoms with E-state index < -0.39 is 0 Å². The number of hydrogen-bond acceptors (Lipinski definition) is 5. The third kappa shape index (κ3) is 5.39. The molecule has 0 amide bonds. The van der Waals surface area contributed by atoms with E-state index in [9.17, 15) is 4.79 Å². The zero-order valence-electron chi connectivity index (χ0n) is 16.8. The van der Waals surface area contributed by atoms with Crippen LogP contribution in [0.5, 0.6) is 5.88 Å². The van der Waals surface area contributed by atoms with Gasteiger partial charge in [0, 0.05) is 37.3 Å². The van der Waals surface area contributed by atoms with E-state index in [4.69, 9.17) is 4.74 Å². The predicted molar refractivity (Wildman–Crippen MR) is 106 cm³/mol. The number of ether oxygens (including phenoxy) is 1. The molecule has 1 aliphatic heterocycles. The molecule has 1 fully saturated rings. The van der Waals surface area contributed by atoms with Gasteiger partial charge in [-0.25, -0.2) is 0 Å². The Labute approximate surface area is 161 Å². The van der Waals surface area contributed by atoms with E-state index in [1.165, 1.54) is 0 Å². The molecule has 0 aliphatic carbocycles. The third-order valence-electron chi connectivity index (χ3n) is 5.16. The van der Waals surface area contributed by atoms with Crippen LogP contribution in [0, 0.1) is 5.92 Å². The molecule has 0 saturated carbocycles. The molecule has 0 spiro atoms. The van der Waals surface area contributed by atoms with Crippen LogP contribution in [0.4, 0.5) is 0 Å². The first-order valence-electron chi connectivity index (χ1n) is 9.66. The lowest BCUT2D eigenvalue weighted by molar-refractivity contribution is 0.134. The maximum absolute atomic E-state index is 11.7. The van der Waals surface area contributed by atoms with Gasteiger partial charge in [0.25, 0.3) is 5.56 Å². The average Bonchev–Trinajstić information content (AvgIpc) is 2.64. The van der Waals surface area contributed by atoms with Gasteiger partial charge in [-0.15, -0.1) is 5.10 Å². The largest absolute Gasteiger partial charge is 0.476 e. The molecule has 3 heterocycles. The monoisotopic (exact) mass is 370 g/mol. The second-order valence-corrected chi connectivity index (χ2v) is 8.52. The molecule has 27 heavy (non-hydrogen) atoms. The third-order valence-corrected chi connectivity index (χ3v) is 5.16. The molecule has 0 aromatic carbocycles. The molecule has 2 aromatic heterocycles. The van der Waals surface area contributed by atoms with Crippen molar-refractivity contribution < 1.29 is 4.74 Å².